The van der Waals surface area contributed by atoms with Gasteiger partial charge < -0.3 is 9.42 Å². The highest BCUT2D eigenvalue weighted by Crippen LogP contribution is 2.34. The molecule has 0 aromatic carbocycles. The van der Waals surface area contributed by atoms with Gasteiger partial charge in [-0.25, -0.2) is 9.78 Å². The molecule has 0 bridgehead atoms. The molecule has 2 aromatic rings. The number of carbonyl (C=O) groups is 1. The van der Waals surface area contributed by atoms with Crippen molar-refractivity contribution >= 4 is 23.2 Å². The minimum Gasteiger partial charge on any atom is -0.363 e. The zero-order valence-electron chi connectivity index (χ0n) is 13.0. The minimum atomic E-state index is -0.107. The molecule has 122 valence electrons. The number of hydrogen-bond acceptors (Lipinski definition) is 5. The molecule has 7 heteroatoms. The lowest BCUT2D eigenvalue weighted by molar-refractivity contribution is 0.192. The van der Waals surface area contributed by atoms with Crippen molar-refractivity contribution in [3.63, 3.8) is 0 Å². The molecule has 2 aliphatic rings. The van der Waals surface area contributed by atoms with E-state index in [4.69, 9.17) is 9.51 Å². The summed E-state index contributed by atoms with van der Waals surface area (Å²) in [4.78, 5) is 20.6. The van der Waals surface area contributed by atoms with Crippen LogP contribution >= 0.6 is 11.3 Å². The van der Waals surface area contributed by atoms with Gasteiger partial charge in [0.05, 0.1) is 10.7 Å². The first-order valence-corrected chi connectivity index (χ1v) is 9.06. The highest BCUT2D eigenvalue weighted by molar-refractivity contribution is 7.11. The second-order valence-electron chi connectivity index (χ2n) is 6.23. The van der Waals surface area contributed by atoms with E-state index >= 15 is 0 Å². The number of urea groups is 1. The summed E-state index contributed by atoms with van der Waals surface area (Å²) in [5, 5.41) is 7.72. The van der Waals surface area contributed by atoms with E-state index in [9.17, 15) is 4.79 Å². The van der Waals surface area contributed by atoms with Gasteiger partial charge in [0.15, 0.2) is 5.82 Å². The number of rotatable bonds is 2. The van der Waals surface area contributed by atoms with Gasteiger partial charge >= 0.3 is 6.03 Å². The number of nitrogens with one attached hydrogen (secondary N) is 1. The maximum atomic E-state index is 12.4. The van der Waals surface area contributed by atoms with Crippen molar-refractivity contribution in [2.24, 2.45) is 0 Å². The van der Waals surface area contributed by atoms with Crippen LogP contribution < -0.4 is 5.32 Å². The Hall–Kier alpha value is -1.89. The van der Waals surface area contributed by atoms with Crippen LogP contribution in [0.2, 0.25) is 0 Å². The van der Waals surface area contributed by atoms with Crippen LogP contribution in [-0.2, 0) is 12.8 Å². The Bertz CT molecular complexity index is 659. The smallest absolute Gasteiger partial charge is 0.323 e. The zero-order valence-corrected chi connectivity index (χ0v) is 13.8. The van der Waals surface area contributed by atoms with Crippen LogP contribution in [0.5, 0.6) is 0 Å². The van der Waals surface area contributed by atoms with E-state index in [2.05, 4.69) is 10.5 Å². The fraction of sp³-hybridized carbons (Fsp3) is 0.562. The molecule has 0 unspecified atom stereocenters. The maximum Gasteiger partial charge on any atom is 0.323 e. The summed E-state index contributed by atoms with van der Waals surface area (Å²) in [6, 6.07) is 1.54. The first kappa shape index (κ1) is 14.7. The summed E-state index contributed by atoms with van der Waals surface area (Å²) < 4.78 is 4.75. The summed E-state index contributed by atoms with van der Waals surface area (Å²) >= 11 is 1.86. The summed E-state index contributed by atoms with van der Waals surface area (Å²) in [7, 11) is 0. The van der Waals surface area contributed by atoms with E-state index in [1.165, 1.54) is 41.1 Å². The van der Waals surface area contributed by atoms with Gasteiger partial charge in [0, 0.05) is 30.0 Å². The summed E-state index contributed by atoms with van der Waals surface area (Å²) in [6.07, 6.45) is 8.42. The van der Waals surface area contributed by atoms with E-state index < -0.39 is 0 Å². The number of thiazole rings is 1. The van der Waals surface area contributed by atoms with Crippen molar-refractivity contribution in [1.29, 1.82) is 0 Å². The minimum absolute atomic E-state index is 0.107. The molecule has 0 radical (unpaired) electrons. The van der Waals surface area contributed by atoms with Crippen molar-refractivity contribution in [2.75, 3.05) is 18.4 Å². The monoisotopic (exact) mass is 332 g/mol. The predicted octanol–water partition coefficient (Wildman–Crippen LogP) is 3.42. The second kappa shape index (κ2) is 6.31. The van der Waals surface area contributed by atoms with Crippen molar-refractivity contribution in [2.45, 2.75) is 44.4 Å². The molecular formula is C16H20N4O2S. The topological polar surface area (TPSA) is 71.3 Å². The van der Waals surface area contributed by atoms with Crippen LogP contribution in [0.25, 0.3) is 0 Å². The zero-order chi connectivity index (χ0) is 15.6. The molecule has 1 fully saturated rings. The molecule has 2 aromatic heterocycles. The molecule has 1 aliphatic carbocycles. The highest BCUT2D eigenvalue weighted by atomic mass is 32.1. The van der Waals surface area contributed by atoms with Crippen LogP contribution in [0.4, 0.5) is 10.6 Å². The normalized spacial score (nSPS) is 21.0. The number of nitrogens with zero attached hydrogens (tertiary/aromatic N) is 3. The fourth-order valence-corrected chi connectivity index (χ4v) is 4.65. The Balaban J connectivity index is 1.44. The summed E-state index contributed by atoms with van der Waals surface area (Å²) in [6.45, 7) is 1.52. The average Bonchev–Trinajstić information content (AvgIpc) is 3.24. The molecular weight excluding hydrogens is 312 g/mol. The Morgan fingerprint density at radius 2 is 2.26 bits per heavy atom. The van der Waals surface area contributed by atoms with Gasteiger partial charge in [0.1, 0.15) is 6.26 Å². The van der Waals surface area contributed by atoms with Crippen LogP contribution in [0, 0.1) is 0 Å². The molecule has 2 amide bonds. The third-order valence-electron chi connectivity index (χ3n) is 4.59. The number of likely N-dealkylation sites (tertiary alicyclic amines) is 1. The van der Waals surface area contributed by atoms with E-state index in [1.54, 1.807) is 6.07 Å². The third kappa shape index (κ3) is 3.10. The van der Waals surface area contributed by atoms with Crippen molar-refractivity contribution in [1.82, 2.24) is 15.0 Å². The quantitative estimate of drug-likeness (QED) is 0.914. The highest BCUT2D eigenvalue weighted by Gasteiger charge is 2.28. The maximum absolute atomic E-state index is 12.4. The molecule has 4 rings (SSSR count). The predicted molar refractivity (Wildman–Crippen MR) is 87.8 cm³/mol. The van der Waals surface area contributed by atoms with E-state index in [0.29, 0.717) is 11.7 Å². The Kier molecular flexibility index (Phi) is 4.03. The van der Waals surface area contributed by atoms with Gasteiger partial charge in [-0.15, -0.1) is 11.3 Å². The van der Waals surface area contributed by atoms with Crippen molar-refractivity contribution in [3.8, 4) is 0 Å². The Morgan fingerprint density at radius 3 is 3.09 bits per heavy atom. The number of carbonyl (C=O) groups excluding carboxylic acids is 1. The van der Waals surface area contributed by atoms with Gasteiger partial charge in [0.2, 0.25) is 0 Å². The molecule has 0 saturated carbocycles. The largest absolute Gasteiger partial charge is 0.363 e. The van der Waals surface area contributed by atoms with Gasteiger partial charge in [-0.3, -0.25) is 5.32 Å². The number of anilines is 1. The van der Waals surface area contributed by atoms with Crippen LogP contribution in [-0.4, -0.2) is 34.2 Å². The third-order valence-corrected chi connectivity index (χ3v) is 5.91. The molecule has 3 heterocycles. The van der Waals surface area contributed by atoms with Gasteiger partial charge in [-0.1, -0.05) is 5.16 Å². The van der Waals surface area contributed by atoms with Crippen molar-refractivity contribution in [3.05, 3.63) is 27.9 Å². The number of amides is 2. The van der Waals surface area contributed by atoms with E-state index in [-0.39, 0.29) is 6.03 Å². The first-order valence-electron chi connectivity index (χ1n) is 8.24. The molecule has 0 spiro atoms. The van der Waals surface area contributed by atoms with Gasteiger partial charge in [-0.05, 0) is 38.5 Å². The van der Waals surface area contributed by atoms with E-state index in [0.717, 1.165) is 32.4 Å². The average molecular weight is 332 g/mol. The molecule has 6 nitrogen and oxygen atoms in total. The number of aryl methyl sites for hydroxylation is 2. The number of hydrogen-bond donors (Lipinski definition) is 1. The molecule has 1 saturated heterocycles. The number of aromatic nitrogens is 2. The fourth-order valence-electron chi connectivity index (χ4n) is 3.38. The second-order valence-corrected chi connectivity index (χ2v) is 7.34. The van der Waals surface area contributed by atoms with Crippen LogP contribution in [0.3, 0.4) is 0 Å². The van der Waals surface area contributed by atoms with Crippen LogP contribution in [0.1, 0.15) is 47.2 Å². The first-order chi connectivity index (χ1) is 11.3. The SMILES string of the molecule is O=C(Nc1ccon1)N1CCC[C@H](c2nc3c(s2)CCCC3)C1. The van der Waals surface area contributed by atoms with Gasteiger partial charge in [-0.2, -0.15) is 0 Å². The Labute approximate surface area is 138 Å². The van der Waals surface area contributed by atoms with Gasteiger partial charge in [0.25, 0.3) is 0 Å². The summed E-state index contributed by atoms with van der Waals surface area (Å²) in [5.41, 5.74) is 1.31. The lowest BCUT2D eigenvalue weighted by Gasteiger charge is -2.31. The molecule has 1 N–H and O–H groups in total. The number of fused-ring (bicyclic) bond motifs is 1. The Morgan fingerprint density at radius 1 is 1.35 bits per heavy atom. The lowest BCUT2D eigenvalue weighted by atomic mass is 9.98. The van der Waals surface area contributed by atoms with Crippen LogP contribution in [0.15, 0.2) is 16.9 Å². The number of piperidine rings is 1. The molecule has 1 atom stereocenters. The molecule has 23 heavy (non-hydrogen) atoms. The lowest BCUT2D eigenvalue weighted by Crippen LogP contribution is -2.41. The van der Waals surface area contributed by atoms with Crippen molar-refractivity contribution < 1.29 is 9.32 Å². The standard InChI is InChI=1S/C16H20N4O2S/c21-16(18-14-7-9-22-19-14)20-8-3-4-11(10-20)15-17-12-5-1-2-6-13(12)23-15/h7,9,11H,1-6,8,10H2,(H,18,19,21)/t11-/m0/s1. The molecule has 1 aliphatic heterocycles. The van der Waals surface area contributed by atoms with E-state index in [1.807, 2.05) is 16.2 Å². The summed E-state index contributed by atoms with van der Waals surface area (Å²) in [5.74, 6) is 0.823.